The molecule has 3 aromatic rings. The number of halogens is 2. The zero-order valence-electron chi connectivity index (χ0n) is 14.9. The molecule has 1 aliphatic carbocycles. The van der Waals surface area contributed by atoms with Gasteiger partial charge in [0.25, 0.3) is 5.22 Å². The predicted octanol–water partition coefficient (Wildman–Crippen LogP) is 5.38. The second-order valence-corrected chi connectivity index (χ2v) is 8.92. The Labute approximate surface area is 176 Å². The molecule has 5 nitrogen and oxygen atoms in total. The lowest BCUT2D eigenvalue weighted by Gasteiger charge is -2.03. The summed E-state index contributed by atoms with van der Waals surface area (Å²) >= 11 is 13.4. The molecule has 1 aliphatic rings. The Morgan fingerprint density at radius 3 is 2.46 bits per heavy atom. The summed E-state index contributed by atoms with van der Waals surface area (Å²) in [4.78, 5) is 12.4. The first-order valence-corrected chi connectivity index (χ1v) is 10.3. The van der Waals surface area contributed by atoms with Crippen LogP contribution in [0.25, 0.3) is 11.5 Å². The fourth-order valence-corrected chi connectivity index (χ4v) is 4.02. The van der Waals surface area contributed by atoms with Gasteiger partial charge >= 0.3 is 0 Å². The summed E-state index contributed by atoms with van der Waals surface area (Å²) in [6, 6.07) is 14.7. The first kappa shape index (κ1) is 19.3. The molecule has 1 saturated carbocycles. The van der Waals surface area contributed by atoms with E-state index in [1.54, 1.807) is 19.2 Å². The Balaban J connectivity index is 1.35. The molecule has 0 saturated heterocycles. The van der Waals surface area contributed by atoms with Crippen molar-refractivity contribution >= 4 is 40.7 Å². The molecule has 4 rings (SSSR count). The number of methoxy groups -OCH3 is 1. The summed E-state index contributed by atoms with van der Waals surface area (Å²) in [5, 5.41) is 8.38. The molecule has 144 valence electrons. The molecule has 0 unspecified atom stereocenters. The summed E-state index contributed by atoms with van der Waals surface area (Å²) < 4.78 is 10.1. The van der Waals surface area contributed by atoms with E-state index in [0.29, 0.717) is 16.7 Å². The highest BCUT2D eigenvalue weighted by Gasteiger charge is 2.52. The van der Waals surface area contributed by atoms with Gasteiger partial charge in [-0.05, 0) is 36.2 Å². The minimum atomic E-state index is -0.666. The lowest BCUT2D eigenvalue weighted by molar-refractivity contribution is 0.102. The number of nitrogens with zero attached hydrogens (tertiary/aromatic N) is 2. The van der Waals surface area contributed by atoms with Crippen molar-refractivity contribution in [1.29, 1.82) is 0 Å². The molecule has 0 aliphatic heterocycles. The van der Waals surface area contributed by atoms with Crippen molar-refractivity contribution in [3.05, 3.63) is 59.7 Å². The van der Waals surface area contributed by atoms with Gasteiger partial charge in [0.2, 0.25) is 5.89 Å². The molecule has 0 N–H and O–H groups in total. The Kier molecular flexibility index (Phi) is 5.36. The Morgan fingerprint density at radius 1 is 1.18 bits per heavy atom. The van der Waals surface area contributed by atoms with E-state index in [-0.39, 0.29) is 17.5 Å². The fraction of sp³-hybridized carbons (Fsp3) is 0.250. The molecule has 0 amide bonds. The van der Waals surface area contributed by atoms with Gasteiger partial charge in [0.15, 0.2) is 5.78 Å². The maximum absolute atomic E-state index is 12.4. The molecule has 2 aromatic carbocycles. The van der Waals surface area contributed by atoms with E-state index >= 15 is 0 Å². The molecule has 1 aromatic heterocycles. The molecular formula is C20H16Cl2N2O3S. The van der Waals surface area contributed by atoms with Crippen molar-refractivity contribution in [3.8, 4) is 17.2 Å². The van der Waals surface area contributed by atoms with Gasteiger partial charge in [-0.3, -0.25) is 4.79 Å². The normalized spacial score (nSPS) is 17.3. The van der Waals surface area contributed by atoms with Crippen molar-refractivity contribution in [2.75, 3.05) is 12.9 Å². The number of hydrogen-bond acceptors (Lipinski definition) is 6. The largest absolute Gasteiger partial charge is 0.497 e. The topological polar surface area (TPSA) is 65.2 Å². The van der Waals surface area contributed by atoms with Gasteiger partial charge in [0.05, 0.1) is 12.9 Å². The zero-order chi connectivity index (χ0) is 19.7. The summed E-state index contributed by atoms with van der Waals surface area (Å²) in [5.74, 6) is 1.49. The quantitative estimate of drug-likeness (QED) is 0.282. The maximum Gasteiger partial charge on any atom is 0.277 e. The van der Waals surface area contributed by atoms with Gasteiger partial charge in [-0.1, -0.05) is 36.0 Å². The van der Waals surface area contributed by atoms with Crippen LogP contribution in [0.3, 0.4) is 0 Å². The van der Waals surface area contributed by atoms with Gasteiger partial charge in [0.1, 0.15) is 10.1 Å². The summed E-state index contributed by atoms with van der Waals surface area (Å²) in [5.41, 5.74) is 2.47. The Bertz CT molecular complexity index is 987. The summed E-state index contributed by atoms with van der Waals surface area (Å²) in [6.07, 6.45) is 0.743. The molecule has 1 heterocycles. The lowest BCUT2D eigenvalue weighted by atomic mass is 10.1. The number of ketones is 1. The SMILES string of the molecule is COc1ccc(-c2nnc(SCC(=O)c3ccc([C@H]4CC4(Cl)Cl)cc3)o2)cc1. The first-order valence-electron chi connectivity index (χ1n) is 8.58. The van der Waals surface area contributed by atoms with Crippen molar-refractivity contribution in [2.45, 2.75) is 21.9 Å². The monoisotopic (exact) mass is 434 g/mol. The van der Waals surface area contributed by atoms with Crippen LogP contribution in [0.4, 0.5) is 0 Å². The maximum atomic E-state index is 12.4. The number of benzene rings is 2. The molecule has 1 atom stereocenters. The van der Waals surface area contributed by atoms with Crippen molar-refractivity contribution < 1.29 is 13.9 Å². The molecule has 0 spiro atoms. The van der Waals surface area contributed by atoms with E-state index in [9.17, 15) is 4.79 Å². The van der Waals surface area contributed by atoms with Crippen LogP contribution in [0.15, 0.2) is 58.2 Å². The predicted molar refractivity (Wildman–Crippen MR) is 110 cm³/mol. The van der Waals surface area contributed by atoms with Crippen molar-refractivity contribution in [1.82, 2.24) is 10.2 Å². The lowest BCUT2D eigenvalue weighted by Crippen LogP contribution is -2.02. The number of Topliss-reactive ketones (excluding diaryl/α,β-unsaturated/α-hetero) is 1. The van der Waals surface area contributed by atoms with Gasteiger partial charge in [0, 0.05) is 17.0 Å². The van der Waals surface area contributed by atoms with E-state index in [0.717, 1.165) is 23.3 Å². The summed E-state index contributed by atoms with van der Waals surface area (Å²) in [6.45, 7) is 0. The smallest absolute Gasteiger partial charge is 0.277 e. The Morgan fingerprint density at radius 2 is 1.86 bits per heavy atom. The van der Waals surface area contributed by atoms with E-state index in [2.05, 4.69) is 10.2 Å². The molecular weight excluding hydrogens is 419 g/mol. The first-order chi connectivity index (χ1) is 13.5. The Hall–Kier alpha value is -2.02. The minimum absolute atomic E-state index is 0.0143. The van der Waals surface area contributed by atoms with Gasteiger partial charge in [-0.15, -0.1) is 33.4 Å². The summed E-state index contributed by atoms with van der Waals surface area (Å²) in [7, 11) is 1.61. The minimum Gasteiger partial charge on any atom is -0.497 e. The highest BCUT2D eigenvalue weighted by molar-refractivity contribution is 7.99. The van der Waals surface area contributed by atoms with Crippen LogP contribution in [-0.2, 0) is 0 Å². The molecule has 0 radical (unpaired) electrons. The number of rotatable bonds is 7. The number of carbonyl (C=O) groups is 1. The average Bonchev–Trinajstić information content (AvgIpc) is 3.13. The van der Waals surface area contributed by atoms with Gasteiger partial charge in [-0.2, -0.15) is 0 Å². The van der Waals surface area contributed by atoms with Crippen LogP contribution in [0, 0.1) is 0 Å². The second kappa shape index (κ2) is 7.78. The number of hydrogen-bond donors (Lipinski definition) is 0. The third kappa shape index (κ3) is 4.19. The van der Waals surface area contributed by atoms with Crippen LogP contribution in [-0.4, -0.2) is 33.2 Å². The molecule has 0 bridgehead atoms. The highest BCUT2D eigenvalue weighted by atomic mass is 35.5. The van der Waals surface area contributed by atoms with Gasteiger partial charge < -0.3 is 9.15 Å². The second-order valence-electron chi connectivity index (χ2n) is 6.45. The third-order valence-electron chi connectivity index (χ3n) is 4.53. The van der Waals surface area contributed by atoms with Crippen LogP contribution in [0.5, 0.6) is 5.75 Å². The van der Waals surface area contributed by atoms with Crippen molar-refractivity contribution in [2.24, 2.45) is 0 Å². The molecule has 1 fully saturated rings. The number of ether oxygens (including phenoxy) is 1. The van der Waals surface area contributed by atoms with Crippen molar-refractivity contribution in [3.63, 3.8) is 0 Å². The van der Waals surface area contributed by atoms with E-state index < -0.39 is 4.33 Å². The number of aromatic nitrogens is 2. The number of alkyl halides is 2. The highest BCUT2D eigenvalue weighted by Crippen LogP contribution is 2.59. The van der Waals surface area contributed by atoms with Gasteiger partial charge in [-0.25, -0.2) is 0 Å². The number of thioether (sulfide) groups is 1. The van der Waals surface area contributed by atoms with Crippen LogP contribution in [0.2, 0.25) is 0 Å². The standard InChI is InChI=1S/C20H16Cl2N2O3S/c1-26-15-8-6-14(7-9-15)18-23-24-19(27-18)28-11-17(25)13-4-2-12(3-5-13)16-10-20(16,21)22/h2-9,16H,10-11H2,1H3/t16-/m1/s1. The molecule has 8 heteroatoms. The third-order valence-corrected chi connectivity index (χ3v) is 6.19. The van der Waals surface area contributed by atoms with E-state index in [4.69, 9.17) is 32.4 Å². The fourth-order valence-electron chi connectivity index (χ4n) is 2.81. The number of carbonyl (C=O) groups excluding carboxylic acids is 1. The van der Waals surface area contributed by atoms with Crippen LogP contribution in [0.1, 0.15) is 28.3 Å². The van der Waals surface area contributed by atoms with E-state index in [1.807, 2.05) is 36.4 Å². The molecule has 28 heavy (non-hydrogen) atoms. The zero-order valence-corrected chi connectivity index (χ0v) is 17.2. The average molecular weight is 435 g/mol. The van der Waals surface area contributed by atoms with E-state index in [1.165, 1.54) is 11.8 Å². The van der Waals surface area contributed by atoms with Crippen LogP contribution >= 0.6 is 35.0 Å². The van der Waals surface area contributed by atoms with Crippen LogP contribution < -0.4 is 4.74 Å².